The molecule has 1 aromatic heterocycles. The smallest absolute Gasteiger partial charge is 0.329 e. The van der Waals surface area contributed by atoms with Crippen LogP contribution in [0.5, 0.6) is 0 Å². The van der Waals surface area contributed by atoms with Crippen LogP contribution in [0.25, 0.3) is 11.0 Å². The van der Waals surface area contributed by atoms with Gasteiger partial charge >= 0.3 is 11.7 Å². The second kappa shape index (κ2) is 8.08. The number of nitrogens with one attached hydrogen (secondary N) is 1. The van der Waals surface area contributed by atoms with Crippen LogP contribution in [0.2, 0.25) is 0 Å². The number of amides is 2. The monoisotopic (exact) mass is 413 g/mol. The van der Waals surface area contributed by atoms with Crippen LogP contribution in [0.15, 0.2) is 23.0 Å². The van der Waals surface area contributed by atoms with Gasteiger partial charge in [0.25, 0.3) is 0 Å². The van der Waals surface area contributed by atoms with Gasteiger partial charge in [-0.2, -0.15) is 0 Å². The molecular weight excluding hydrogens is 386 g/mol. The first kappa shape index (κ1) is 20.4. The fourth-order valence-corrected chi connectivity index (χ4v) is 4.99. The second-order valence-electron chi connectivity index (χ2n) is 8.69. The molecule has 160 valence electrons. The van der Waals surface area contributed by atoms with Crippen LogP contribution in [0.4, 0.5) is 0 Å². The first-order chi connectivity index (χ1) is 14.3. The van der Waals surface area contributed by atoms with Crippen LogP contribution in [0.3, 0.4) is 0 Å². The average molecular weight is 413 g/mol. The minimum absolute atomic E-state index is 0.224. The number of piperidine rings is 1. The number of imidazole rings is 1. The number of carbonyl (C=O) groups excluding carboxylic acids is 2. The van der Waals surface area contributed by atoms with Crippen LogP contribution in [-0.2, 0) is 27.9 Å². The van der Waals surface area contributed by atoms with E-state index in [1.165, 1.54) is 4.57 Å². The number of fused-ring (bicyclic) bond motifs is 1. The van der Waals surface area contributed by atoms with E-state index in [0.29, 0.717) is 17.9 Å². The molecule has 2 heterocycles. The summed E-state index contributed by atoms with van der Waals surface area (Å²) in [6, 6.07) is 5.25. The minimum atomic E-state index is -0.717. The van der Waals surface area contributed by atoms with E-state index in [4.69, 9.17) is 5.11 Å². The molecule has 1 atom stereocenters. The van der Waals surface area contributed by atoms with Gasteiger partial charge < -0.3 is 5.11 Å². The SMILES string of the molecule is Cn1c(=O)n(C2CCC(=O)NC2=O)c2ccc(C[C@H]3CC[C@@H](CC(=O)O)CC3)cc21. The van der Waals surface area contributed by atoms with Crippen molar-refractivity contribution in [1.82, 2.24) is 14.5 Å². The zero-order chi connectivity index (χ0) is 21.4. The van der Waals surface area contributed by atoms with E-state index in [2.05, 4.69) is 5.32 Å². The third kappa shape index (κ3) is 3.91. The molecule has 2 aromatic rings. The van der Waals surface area contributed by atoms with Crippen molar-refractivity contribution in [3.05, 3.63) is 34.2 Å². The van der Waals surface area contributed by atoms with E-state index in [0.717, 1.165) is 43.2 Å². The van der Waals surface area contributed by atoms with Gasteiger partial charge in [-0.1, -0.05) is 6.07 Å². The number of aromatic nitrogens is 2. The van der Waals surface area contributed by atoms with E-state index in [9.17, 15) is 19.2 Å². The Bertz CT molecular complexity index is 1060. The first-order valence-electron chi connectivity index (χ1n) is 10.6. The lowest BCUT2D eigenvalue weighted by atomic mass is 9.78. The zero-order valence-electron chi connectivity index (χ0n) is 17.1. The maximum Gasteiger partial charge on any atom is 0.329 e. The molecule has 2 amide bonds. The second-order valence-corrected chi connectivity index (χ2v) is 8.69. The molecule has 2 aliphatic rings. The summed E-state index contributed by atoms with van der Waals surface area (Å²) >= 11 is 0. The van der Waals surface area contributed by atoms with Crippen molar-refractivity contribution in [2.45, 2.75) is 57.4 Å². The van der Waals surface area contributed by atoms with Crippen molar-refractivity contribution >= 4 is 28.8 Å². The fraction of sp³-hybridized carbons (Fsp3) is 0.545. The lowest BCUT2D eigenvalue weighted by molar-refractivity contribution is -0.138. The molecule has 1 aliphatic carbocycles. The highest BCUT2D eigenvalue weighted by atomic mass is 16.4. The number of hydrogen-bond acceptors (Lipinski definition) is 4. The number of hydrogen-bond donors (Lipinski definition) is 2. The van der Waals surface area contributed by atoms with Crippen molar-refractivity contribution < 1.29 is 19.5 Å². The molecular formula is C22H27N3O5. The van der Waals surface area contributed by atoms with Crippen molar-refractivity contribution in [3.8, 4) is 0 Å². The number of nitrogens with zero attached hydrogens (tertiary/aromatic N) is 2. The van der Waals surface area contributed by atoms with Crippen molar-refractivity contribution in [1.29, 1.82) is 0 Å². The molecule has 4 rings (SSSR count). The van der Waals surface area contributed by atoms with Crippen LogP contribution in [-0.4, -0.2) is 32.0 Å². The number of imide groups is 1. The van der Waals surface area contributed by atoms with Gasteiger partial charge in [-0.05, 0) is 68.1 Å². The Morgan fingerprint density at radius 1 is 1.07 bits per heavy atom. The summed E-state index contributed by atoms with van der Waals surface area (Å²) in [6.07, 6.45) is 5.64. The molecule has 2 fully saturated rings. The molecule has 2 N–H and O–H groups in total. The largest absolute Gasteiger partial charge is 0.481 e. The standard InChI is InChI=1S/C22H27N3O5/c1-24-18-11-15(10-13-2-4-14(5-3-13)12-20(27)28)6-7-16(18)25(22(24)30)17-8-9-19(26)23-21(17)29/h6-7,11,13-14,17H,2-5,8-10,12H2,1H3,(H,27,28)(H,23,26,29)/t13-,14+,17?. The summed E-state index contributed by atoms with van der Waals surface area (Å²) in [5, 5.41) is 11.3. The van der Waals surface area contributed by atoms with E-state index < -0.39 is 17.9 Å². The van der Waals surface area contributed by atoms with Crippen LogP contribution in [0, 0.1) is 11.8 Å². The third-order valence-electron chi connectivity index (χ3n) is 6.63. The lowest BCUT2D eigenvalue weighted by Crippen LogP contribution is -2.44. The molecule has 1 saturated heterocycles. The number of carboxylic acids is 1. The quantitative estimate of drug-likeness (QED) is 0.730. The van der Waals surface area contributed by atoms with E-state index in [-0.39, 0.29) is 30.4 Å². The molecule has 1 unspecified atom stereocenters. The predicted molar refractivity (Wildman–Crippen MR) is 110 cm³/mol. The molecule has 8 nitrogen and oxygen atoms in total. The Labute approximate surface area is 173 Å². The van der Waals surface area contributed by atoms with E-state index >= 15 is 0 Å². The summed E-state index contributed by atoms with van der Waals surface area (Å²) in [5.74, 6) is -0.648. The average Bonchev–Trinajstić information content (AvgIpc) is 2.94. The number of carboxylic acid groups (broad SMARTS) is 1. The van der Waals surface area contributed by atoms with Crippen molar-refractivity contribution in [2.24, 2.45) is 18.9 Å². The summed E-state index contributed by atoms with van der Waals surface area (Å²) in [7, 11) is 1.70. The Kier molecular flexibility index (Phi) is 5.49. The normalized spacial score (nSPS) is 24.8. The van der Waals surface area contributed by atoms with E-state index in [1.54, 1.807) is 11.6 Å². The minimum Gasteiger partial charge on any atom is -0.481 e. The summed E-state index contributed by atoms with van der Waals surface area (Å²) in [4.78, 5) is 47.5. The van der Waals surface area contributed by atoms with Gasteiger partial charge in [-0.25, -0.2) is 4.79 Å². The molecule has 1 aromatic carbocycles. The van der Waals surface area contributed by atoms with Crippen LogP contribution < -0.4 is 11.0 Å². The van der Waals surface area contributed by atoms with Gasteiger partial charge in [-0.15, -0.1) is 0 Å². The number of aryl methyl sites for hydroxylation is 1. The van der Waals surface area contributed by atoms with E-state index in [1.807, 2.05) is 18.2 Å². The fourth-order valence-electron chi connectivity index (χ4n) is 4.99. The van der Waals surface area contributed by atoms with Gasteiger partial charge in [0.2, 0.25) is 11.8 Å². The lowest BCUT2D eigenvalue weighted by Gasteiger charge is -2.27. The predicted octanol–water partition coefficient (Wildman–Crippen LogP) is 2.14. The van der Waals surface area contributed by atoms with Gasteiger partial charge in [0.15, 0.2) is 0 Å². The van der Waals surface area contributed by atoms with Gasteiger partial charge in [0.05, 0.1) is 11.0 Å². The zero-order valence-corrected chi connectivity index (χ0v) is 17.1. The van der Waals surface area contributed by atoms with Gasteiger partial charge in [0, 0.05) is 19.9 Å². The number of aliphatic carboxylic acids is 1. The van der Waals surface area contributed by atoms with Gasteiger partial charge in [0.1, 0.15) is 6.04 Å². The number of rotatable bonds is 5. The highest BCUT2D eigenvalue weighted by molar-refractivity contribution is 6.00. The molecule has 30 heavy (non-hydrogen) atoms. The molecule has 1 saturated carbocycles. The van der Waals surface area contributed by atoms with Crippen LogP contribution >= 0.6 is 0 Å². The van der Waals surface area contributed by atoms with Crippen molar-refractivity contribution in [3.63, 3.8) is 0 Å². The molecule has 0 radical (unpaired) electrons. The summed E-state index contributed by atoms with van der Waals surface area (Å²) in [5.41, 5.74) is 2.36. The Morgan fingerprint density at radius 2 is 1.77 bits per heavy atom. The maximum atomic E-state index is 12.9. The topological polar surface area (TPSA) is 110 Å². The van der Waals surface area contributed by atoms with Gasteiger partial charge in [-0.3, -0.25) is 28.8 Å². The first-order valence-corrected chi connectivity index (χ1v) is 10.6. The summed E-state index contributed by atoms with van der Waals surface area (Å²) < 4.78 is 3.06. The molecule has 8 heteroatoms. The molecule has 1 aliphatic heterocycles. The Morgan fingerprint density at radius 3 is 2.43 bits per heavy atom. The van der Waals surface area contributed by atoms with Crippen molar-refractivity contribution in [2.75, 3.05) is 0 Å². The highest BCUT2D eigenvalue weighted by Gasteiger charge is 2.31. The number of benzene rings is 1. The molecule has 0 spiro atoms. The maximum absolute atomic E-state index is 12.9. The third-order valence-corrected chi connectivity index (χ3v) is 6.63. The molecule has 0 bridgehead atoms. The van der Waals surface area contributed by atoms with Crippen LogP contribution in [0.1, 0.15) is 56.6 Å². The highest BCUT2D eigenvalue weighted by Crippen LogP contribution is 2.33. The Hall–Kier alpha value is -2.90. The summed E-state index contributed by atoms with van der Waals surface area (Å²) in [6.45, 7) is 0. The number of carbonyl (C=O) groups is 3. The Balaban J connectivity index is 1.54.